The van der Waals surface area contributed by atoms with Crippen molar-refractivity contribution in [2.24, 2.45) is 26.9 Å². The van der Waals surface area contributed by atoms with Gasteiger partial charge in [0.25, 0.3) is 11.8 Å². The highest BCUT2D eigenvalue weighted by Gasteiger charge is 2.25. The highest BCUT2D eigenvalue weighted by Crippen LogP contribution is 2.24. The number of nitrogens with one attached hydrogen (secondary N) is 2. The van der Waals surface area contributed by atoms with E-state index < -0.39 is 18.4 Å². The molecule has 9 aromatic heterocycles. The number of aryl methyl sites for hydroxylation is 9. The number of carboxylic acids is 1. The zero-order chi connectivity index (χ0) is 72.9. The molecule has 0 aliphatic heterocycles. The summed E-state index contributed by atoms with van der Waals surface area (Å²) in [6.07, 6.45) is 0.573. The number of hydrogen-bond acceptors (Lipinski definition) is 20. The maximum atomic E-state index is 12.7. The first kappa shape index (κ1) is 82.8. The molecule has 0 saturated heterocycles. The number of hydrogen-bond donors (Lipinski definition) is 7. The molecule has 26 nitrogen and oxygen atoms in total. The number of carboxylic acid groups (broad SMARTS) is 1. The highest BCUT2D eigenvalue weighted by atomic mass is 35.5. The Labute approximate surface area is 612 Å². The number of benzene rings is 3. The minimum atomic E-state index is -4.64. The fourth-order valence-electron chi connectivity index (χ4n) is 10.5. The van der Waals surface area contributed by atoms with Crippen LogP contribution in [-0.4, -0.2) is 110 Å². The van der Waals surface area contributed by atoms with Crippen molar-refractivity contribution >= 4 is 121 Å². The molecule has 0 aliphatic rings. The number of carbonyl (C=O) groups is 4. The number of aromatic nitrogens is 15. The fraction of sp³-hybridized carbons (Fsp3) is 0.257. The van der Waals surface area contributed by atoms with Gasteiger partial charge in [0, 0.05) is 112 Å². The van der Waals surface area contributed by atoms with Crippen LogP contribution in [0.4, 0.5) is 30.6 Å². The molecule has 542 valence electrons. The first-order valence-electron chi connectivity index (χ1n) is 30.4. The van der Waals surface area contributed by atoms with Crippen molar-refractivity contribution in [2.75, 3.05) is 17.2 Å². The van der Waals surface area contributed by atoms with Crippen LogP contribution >= 0.6 is 47.2 Å². The van der Waals surface area contributed by atoms with Gasteiger partial charge < -0.3 is 38.7 Å². The Hall–Kier alpha value is -10.9. The van der Waals surface area contributed by atoms with Crippen molar-refractivity contribution in [1.82, 2.24) is 84.8 Å². The highest BCUT2D eigenvalue weighted by molar-refractivity contribution is 6.31. The second kappa shape index (κ2) is 36.7. The van der Waals surface area contributed by atoms with E-state index in [1.165, 1.54) is 14.0 Å². The third-order valence-electron chi connectivity index (χ3n) is 15.2. The lowest BCUT2D eigenvalue weighted by Gasteiger charge is -2.11. The van der Waals surface area contributed by atoms with Crippen molar-refractivity contribution in [2.45, 2.75) is 101 Å². The van der Waals surface area contributed by atoms with Gasteiger partial charge in [-0.3, -0.25) is 29.3 Å². The number of aldehydes is 1. The normalized spacial score (nSPS) is 10.6. The third kappa shape index (κ3) is 22.8. The van der Waals surface area contributed by atoms with Crippen LogP contribution < -0.4 is 33.6 Å². The van der Waals surface area contributed by atoms with Gasteiger partial charge in [-0.2, -0.15) is 28.5 Å². The van der Waals surface area contributed by atoms with Crippen molar-refractivity contribution in [3.63, 3.8) is 0 Å². The summed E-state index contributed by atoms with van der Waals surface area (Å²) in [5, 5.41) is 32.2. The summed E-state index contributed by atoms with van der Waals surface area (Å²) in [7, 11) is 4.97. The fourth-order valence-corrected chi connectivity index (χ4v) is 11.0. The summed E-state index contributed by atoms with van der Waals surface area (Å²) < 4.78 is 35.5. The number of halogens is 7. The molecular weight excluding hydrogens is 1410 g/mol. The topological polar surface area (TPSA) is 386 Å². The van der Waals surface area contributed by atoms with E-state index in [1.54, 1.807) is 51.9 Å². The van der Waals surface area contributed by atoms with E-state index in [9.17, 15) is 27.6 Å². The molecule has 33 heteroatoms. The van der Waals surface area contributed by atoms with Crippen LogP contribution in [0.5, 0.6) is 0 Å². The van der Waals surface area contributed by atoms with Gasteiger partial charge in [-0.15, -0.1) is 12.4 Å². The molecular formula is C70H78Cl4F3N21O5. The molecule has 0 radical (unpaired) electrons. The number of amides is 2. The smallest absolute Gasteiger partial charge is 0.446 e. The molecule has 12 rings (SSSR count). The van der Waals surface area contributed by atoms with Gasteiger partial charge in [0.05, 0.1) is 31.6 Å². The molecule has 2 amide bonds. The molecule has 3 aromatic carbocycles. The molecule has 0 bridgehead atoms. The summed E-state index contributed by atoms with van der Waals surface area (Å²) >= 11 is 18.0. The van der Waals surface area contributed by atoms with Crippen LogP contribution in [0.15, 0.2) is 110 Å². The zero-order valence-electron chi connectivity index (χ0n) is 56.0. The van der Waals surface area contributed by atoms with Crippen molar-refractivity contribution in [3.8, 4) is 0 Å². The van der Waals surface area contributed by atoms with E-state index in [4.69, 9.17) is 67.6 Å². The van der Waals surface area contributed by atoms with E-state index in [-0.39, 0.29) is 56.5 Å². The standard InChI is InChI=1S/2C22H22ClN7O.C14H11ClN4O2.C8H13N3.C2HF3O.2CH4.ClH/c2*1-12-6-19(24)27-13(2)17(12)11-26-22(31)21-28-20(29-30(21)3)8-14-4-5-18-15(7-14)9-16(23)10-25-18;1-19-13(14(20)21)17-12(18-19)5-8-2-3-11-9(4-8)6-10(15)7-16-11;1-5-3-8(10)11-6(2)7(5)4-9;3-2(4,5)1-6;;;/h2*4-7,9-10H,8,11H2,1-3H3,(H2,24,27)(H,26,31);2-4,6-7H,5H2,1H3,(H,20,21);3H,4,9H2,1-2H3,(H2,10,11);1H;2*1H4;1H. The number of carbonyl (C=O) groups excluding carboxylic acids is 3. The van der Waals surface area contributed by atoms with Gasteiger partial charge in [0.15, 0.2) is 17.5 Å². The second-order valence-electron chi connectivity index (χ2n) is 22.8. The van der Waals surface area contributed by atoms with Crippen LogP contribution in [0.2, 0.25) is 15.1 Å². The van der Waals surface area contributed by atoms with E-state index in [0.717, 1.165) is 99.9 Å². The monoisotopic (exact) mass is 1490 g/mol. The van der Waals surface area contributed by atoms with Crippen LogP contribution in [0.25, 0.3) is 32.7 Å². The van der Waals surface area contributed by atoms with Gasteiger partial charge in [0.1, 0.15) is 17.5 Å². The first-order chi connectivity index (χ1) is 47.3. The van der Waals surface area contributed by atoms with E-state index in [0.29, 0.717) is 88.9 Å². The van der Waals surface area contributed by atoms with E-state index in [1.807, 2.05) is 120 Å². The first-order valence-corrected chi connectivity index (χ1v) is 31.5. The quantitative estimate of drug-likeness (QED) is 0.0497. The third-order valence-corrected chi connectivity index (χ3v) is 15.8. The lowest BCUT2D eigenvalue weighted by molar-refractivity contribution is -0.156. The molecule has 12 aromatic rings. The molecule has 0 atom stereocenters. The minimum Gasteiger partial charge on any atom is -0.475 e. The number of aromatic carboxylic acids is 1. The SMILES string of the molecule is C.C.Cc1cc(N)nc(C)c1CN.Cc1cc(N)nc(C)c1CNC(=O)c1nc(Cc2ccc3ncc(Cl)cc3c2)nn1C.Cc1cc(N)nc(C)c1CNC(=O)c1nc(Cc2ccc3ncc(Cl)cc3c2)nn1C.Cl.Cn1nc(Cc2ccc3ncc(Cl)cc3c2)nc1C(=O)O.O=CC(F)(F)F. The van der Waals surface area contributed by atoms with Gasteiger partial charge in [-0.1, -0.05) is 67.9 Å². The summed E-state index contributed by atoms with van der Waals surface area (Å²) in [6, 6.07) is 28.6. The molecule has 11 N–H and O–H groups in total. The van der Waals surface area contributed by atoms with Crippen molar-refractivity contribution in [3.05, 3.63) is 227 Å². The molecule has 0 spiro atoms. The molecule has 9 heterocycles. The Balaban J connectivity index is 0.000000249. The van der Waals surface area contributed by atoms with E-state index >= 15 is 0 Å². The predicted octanol–water partition coefficient (Wildman–Crippen LogP) is 11.7. The second-order valence-corrected chi connectivity index (χ2v) is 24.1. The Morgan fingerprint density at radius 3 is 1.06 bits per heavy atom. The molecule has 0 aliphatic carbocycles. The Morgan fingerprint density at radius 1 is 0.495 bits per heavy atom. The van der Waals surface area contributed by atoms with Crippen molar-refractivity contribution < 1.29 is 37.5 Å². The lowest BCUT2D eigenvalue weighted by atomic mass is 10.1. The number of fused-ring (bicyclic) bond motifs is 3. The maximum absolute atomic E-state index is 12.7. The van der Waals surface area contributed by atoms with Gasteiger partial charge in [0.2, 0.25) is 23.8 Å². The van der Waals surface area contributed by atoms with E-state index in [2.05, 4.69) is 70.8 Å². The van der Waals surface area contributed by atoms with Crippen LogP contribution in [0.1, 0.15) is 131 Å². The summed E-state index contributed by atoms with van der Waals surface area (Å²) in [4.78, 5) is 83.4. The lowest BCUT2D eigenvalue weighted by Crippen LogP contribution is -2.27. The average molecular weight is 1490 g/mol. The predicted molar refractivity (Wildman–Crippen MR) is 396 cm³/mol. The minimum absolute atomic E-state index is 0. The van der Waals surface area contributed by atoms with Crippen LogP contribution in [-0.2, 0) is 64.8 Å². The Morgan fingerprint density at radius 2 is 0.786 bits per heavy atom. The largest absolute Gasteiger partial charge is 0.475 e. The molecule has 0 unspecified atom stereocenters. The van der Waals surface area contributed by atoms with Crippen LogP contribution in [0, 0.1) is 41.5 Å². The Kier molecular flexibility index (Phi) is 29.5. The van der Waals surface area contributed by atoms with Gasteiger partial charge in [-0.25, -0.2) is 48.7 Å². The van der Waals surface area contributed by atoms with Crippen LogP contribution in [0.3, 0.4) is 0 Å². The number of nitrogens with zero attached hydrogens (tertiary/aromatic N) is 15. The molecule has 103 heavy (non-hydrogen) atoms. The van der Waals surface area contributed by atoms with Crippen molar-refractivity contribution in [1.29, 1.82) is 0 Å². The average Bonchev–Trinajstić information content (AvgIpc) is 1.80. The number of nitrogen functional groups attached to an aromatic ring is 3. The Bertz CT molecular complexity index is 4760. The number of nitrogens with two attached hydrogens (primary N) is 4. The molecule has 0 saturated carbocycles. The summed E-state index contributed by atoms with van der Waals surface area (Å²) in [6.45, 7) is 12.8. The zero-order valence-corrected chi connectivity index (χ0v) is 59.1. The molecule has 0 fully saturated rings. The number of rotatable bonds is 14. The maximum Gasteiger partial charge on any atom is 0.446 e. The number of anilines is 3. The summed E-state index contributed by atoms with van der Waals surface area (Å²) in [5.41, 5.74) is 36.7. The van der Waals surface area contributed by atoms with Gasteiger partial charge >= 0.3 is 12.1 Å². The summed E-state index contributed by atoms with van der Waals surface area (Å²) in [5.74, 6) is 1.82. The number of alkyl halides is 3. The number of pyridine rings is 6. The van der Waals surface area contributed by atoms with Gasteiger partial charge in [-0.05, 0) is 164 Å².